The summed E-state index contributed by atoms with van der Waals surface area (Å²) in [6.07, 6.45) is 3.29. The maximum Gasteiger partial charge on any atom is 0.150 e. The summed E-state index contributed by atoms with van der Waals surface area (Å²) < 4.78 is 29.0. The Kier molecular flexibility index (Phi) is 4.49. The Labute approximate surface area is 117 Å². The third-order valence-corrected chi connectivity index (χ3v) is 2.95. The van der Waals surface area contributed by atoms with Crippen LogP contribution in [0.25, 0.3) is 0 Å². The van der Waals surface area contributed by atoms with Gasteiger partial charge in [-0.15, -0.1) is 0 Å². The minimum Gasteiger partial charge on any atom is -0.394 e. The van der Waals surface area contributed by atoms with Crippen LogP contribution in [0.4, 0.5) is 14.5 Å². The first-order chi connectivity index (χ1) is 9.10. The predicted molar refractivity (Wildman–Crippen MR) is 70.7 cm³/mol. The van der Waals surface area contributed by atoms with Crippen LogP contribution in [0.2, 0.25) is 0 Å². The van der Waals surface area contributed by atoms with Crippen molar-refractivity contribution in [3.63, 3.8) is 0 Å². The molecule has 0 bridgehead atoms. The van der Waals surface area contributed by atoms with Gasteiger partial charge in [0.05, 0.1) is 19.3 Å². The molecule has 0 amide bonds. The molecule has 0 fully saturated rings. The van der Waals surface area contributed by atoms with E-state index in [1.165, 1.54) is 12.1 Å². The van der Waals surface area contributed by atoms with Crippen LogP contribution in [0.1, 0.15) is 5.56 Å². The van der Waals surface area contributed by atoms with E-state index in [2.05, 4.69) is 26.3 Å². The van der Waals surface area contributed by atoms with Crippen LogP contribution in [0, 0.1) is 11.6 Å². The zero-order valence-electron chi connectivity index (χ0n) is 9.91. The first kappa shape index (κ1) is 14.0. The van der Waals surface area contributed by atoms with Crippen molar-refractivity contribution in [1.82, 2.24) is 9.78 Å². The number of aromatic nitrogens is 2. The molecule has 1 aromatic carbocycles. The number of aliphatic hydroxyl groups excluding tert-OH is 1. The van der Waals surface area contributed by atoms with Crippen molar-refractivity contribution < 1.29 is 13.9 Å². The Hall–Kier alpha value is -1.47. The number of hydrogen-bond acceptors (Lipinski definition) is 3. The second-order valence-corrected chi connectivity index (χ2v) is 4.85. The Morgan fingerprint density at radius 2 is 2.00 bits per heavy atom. The van der Waals surface area contributed by atoms with Crippen molar-refractivity contribution in [2.45, 2.75) is 13.1 Å². The summed E-state index contributed by atoms with van der Waals surface area (Å²) in [5.41, 5.74) is 0.605. The number of hydrogen-bond donors (Lipinski definition) is 2. The molecule has 2 rings (SSSR count). The molecule has 0 radical (unpaired) electrons. The Bertz CT molecular complexity index is 551. The van der Waals surface area contributed by atoms with Crippen LogP contribution in [0.5, 0.6) is 0 Å². The lowest BCUT2D eigenvalue weighted by Gasteiger charge is -2.08. The molecule has 0 aliphatic carbocycles. The van der Waals surface area contributed by atoms with Gasteiger partial charge in [0.1, 0.15) is 17.3 Å². The third kappa shape index (κ3) is 3.51. The van der Waals surface area contributed by atoms with Gasteiger partial charge in [0, 0.05) is 22.8 Å². The number of anilines is 1. The molecule has 0 saturated heterocycles. The smallest absolute Gasteiger partial charge is 0.150 e. The fraction of sp³-hybridized carbons (Fsp3) is 0.250. The van der Waals surface area contributed by atoms with Gasteiger partial charge in [0.2, 0.25) is 0 Å². The molecule has 1 aromatic heterocycles. The van der Waals surface area contributed by atoms with Crippen LogP contribution >= 0.6 is 15.9 Å². The van der Waals surface area contributed by atoms with Crippen LogP contribution in [-0.2, 0) is 13.1 Å². The molecule has 2 aromatic rings. The second-order valence-electron chi connectivity index (χ2n) is 3.93. The average Bonchev–Trinajstić information content (AvgIpc) is 2.76. The van der Waals surface area contributed by atoms with Gasteiger partial charge in [0.25, 0.3) is 0 Å². The number of nitrogens with zero attached hydrogens (tertiary/aromatic N) is 2. The molecule has 2 N–H and O–H groups in total. The first-order valence-electron chi connectivity index (χ1n) is 5.60. The maximum absolute atomic E-state index is 13.6. The van der Waals surface area contributed by atoms with Gasteiger partial charge in [-0.3, -0.25) is 4.68 Å². The van der Waals surface area contributed by atoms with Gasteiger partial charge in [-0.05, 0) is 12.1 Å². The molecular formula is C12H12BrF2N3O. The van der Waals surface area contributed by atoms with E-state index in [1.54, 1.807) is 17.1 Å². The molecule has 102 valence electrons. The minimum absolute atomic E-state index is 0.00941. The quantitative estimate of drug-likeness (QED) is 0.885. The molecule has 0 spiro atoms. The van der Waals surface area contributed by atoms with Crippen LogP contribution in [0.3, 0.4) is 0 Å². The number of nitrogens with one attached hydrogen (secondary N) is 1. The molecule has 0 atom stereocenters. The van der Waals surface area contributed by atoms with E-state index >= 15 is 0 Å². The predicted octanol–water partition coefficient (Wildman–Crippen LogP) is 2.53. The fourth-order valence-electron chi connectivity index (χ4n) is 1.62. The highest BCUT2D eigenvalue weighted by Gasteiger charge is 2.10. The zero-order valence-corrected chi connectivity index (χ0v) is 11.5. The molecular weight excluding hydrogens is 320 g/mol. The number of halogens is 3. The van der Waals surface area contributed by atoms with Crippen molar-refractivity contribution in [3.05, 3.63) is 46.2 Å². The third-order valence-electron chi connectivity index (χ3n) is 2.49. The highest BCUT2D eigenvalue weighted by Crippen LogP contribution is 2.24. The summed E-state index contributed by atoms with van der Waals surface area (Å²) in [7, 11) is 0. The van der Waals surface area contributed by atoms with Crippen LogP contribution in [-0.4, -0.2) is 21.5 Å². The zero-order chi connectivity index (χ0) is 13.8. The van der Waals surface area contributed by atoms with E-state index < -0.39 is 11.6 Å². The Morgan fingerprint density at radius 1 is 1.32 bits per heavy atom. The van der Waals surface area contributed by atoms with Gasteiger partial charge < -0.3 is 10.4 Å². The van der Waals surface area contributed by atoms with Crippen molar-refractivity contribution in [2.75, 3.05) is 11.9 Å². The molecule has 7 heteroatoms. The second kappa shape index (κ2) is 6.12. The largest absolute Gasteiger partial charge is 0.394 e. The SMILES string of the molecule is OCCn1cc(CNc2c(F)cc(Br)cc2F)cn1. The van der Waals surface area contributed by atoms with Crippen molar-refractivity contribution in [1.29, 1.82) is 0 Å². The van der Waals surface area contributed by atoms with Gasteiger partial charge in [-0.1, -0.05) is 15.9 Å². The van der Waals surface area contributed by atoms with E-state index in [-0.39, 0.29) is 18.8 Å². The fourth-order valence-corrected chi connectivity index (χ4v) is 2.03. The molecule has 4 nitrogen and oxygen atoms in total. The van der Waals surface area contributed by atoms with E-state index in [0.717, 1.165) is 5.56 Å². The number of benzene rings is 1. The van der Waals surface area contributed by atoms with E-state index in [9.17, 15) is 8.78 Å². The topological polar surface area (TPSA) is 50.1 Å². The Morgan fingerprint density at radius 3 is 2.63 bits per heavy atom. The summed E-state index contributed by atoms with van der Waals surface area (Å²) in [6.45, 7) is 0.631. The molecule has 1 heterocycles. The van der Waals surface area contributed by atoms with Gasteiger partial charge in [-0.2, -0.15) is 5.10 Å². The van der Waals surface area contributed by atoms with Crippen molar-refractivity contribution >= 4 is 21.6 Å². The summed E-state index contributed by atoms with van der Waals surface area (Å²) in [6, 6.07) is 2.39. The maximum atomic E-state index is 13.6. The summed E-state index contributed by atoms with van der Waals surface area (Å²) >= 11 is 3.02. The van der Waals surface area contributed by atoms with Gasteiger partial charge >= 0.3 is 0 Å². The van der Waals surface area contributed by atoms with Crippen molar-refractivity contribution in [3.8, 4) is 0 Å². The highest BCUT2D eigenvalue weighted by atomic mass is 79.9. The lowest BCUT2D eigenvalue weighted by Crippen LogP contribution is -2.04. The van der Waals surface area contributed by atoms with E-state index in [1.807, 2.05) is 0 Å². The lowest BCUT2D eigenvalue weighted by molar-refractivity contribution is 0.269. The summed E-state index contributed by atoms with van der Waals surface area (Å²) in [4.78, 5) is 0. The molecule has 0 unspecified atom stereocenters. The van der Waals surface area contributed by atoms with Crippen LogP contribution in [0.15, 0.2) is 29.0 Å². The molecule has 19 heavy (non-hydrogen) atoms. The normalized spacial score (nSPS) is 10.7. The van der Waals surface area contributed by atoms with Gasteiger partial charge in [0.15, 0.2) is 0 Å². The van der Waals surface area contributed by atoms with E-state index in [0.29, 0.717) is 11.0 Å². The number of aliphatic hydroxyl groups is 1. The van der Waals surface area contributed by atoms with Gasteiger partial charge in [-0.25, -0.2) is 8.78 Å². The highest BCUT2D eigenvalue weighted by molar-refractivity contribution is 9.10. The van der Waals surface area contributed by atoms with E-state index in [4.69, 9.17) is 5.11 Å². The lowest BCUT2D eigenvalue weighted by atomic mass is 10.2. The van der Waals surface area contributed by atoms with Crippen LogP contribution < -0.4 is 5.32 Å². The molecule has 0 aliphatic heterocycles. The minimum atomic E-state index is -0.658. The first-order valence-corrected chi connectivity index (χ1v) is 6.40. The van der Waals surface area contributed by atoms with Crippen molar-refractivity contribution in [2.24, 2.45) is 0 Å². The molecule has 0 aliphatic rings. The standard InChI is InChI=1S/C12H12BrF2N3O/c13-9-3-10(14)12(11(15)4-9)16-5-8-6-17-18(7-8)1-2-19/h3-4,6-7,16,19H,1-2,5H2. The Balaban J connectivity index is 2.05. The average molecular weight is 332 g/mol. The molecule has 0 saturated carbocycles. The monoisotopic (exact) mass is 331 g/mol. The number of rotatable bonds is 5. The summed E-state index contributed by atoms with van der Waals surface area (Å²) in [5, 5.41) is 15.4. The summed E-state index contributed by atoms with van der Waals surface area (Å²) in [5.74, 6) is -1.32.